The van der Waals surface area contributed by atoms with Crippen molar-refractivity contribution in [2.24, 2.45) is 0 Å². The van der Waals surface area contributed by atoms with E-state index in [2.05, 4.69) is 10.0 Å². The fraction of sp³-hybridized carbons (Fsp3) is 0.111. The highest BCUT2D eigenvalue weighted by Gasteiger charge is 2.62. The molecule has 6 rings (SSSR count). The Kier molecular flexibility index (Phi) is 5.69. The predicted octanol–water partition coefficient (Wildman–Crippen LogP) is 5.02. The Labute approximate surface area is 233 Å². The summed E-state index contributed by atoms with van der Waals surface area (Å²) in [6.45, 7) is 0. The van der Waals surface area contributed by atoms with Gasteiger partial charge in [-0.25, -0.2) is 8.42 Å². The summed E-state index contributed by atoms with van der Waals surface area (Å²) in [6.07, 6.45) is 4.34. The van der Waals surface area contributed by atoms with Crippen molar-refractivity contribution in [3.63, 3.8) is 0 Å². The fourth-order valence-corrected chi connectivity index (χ4v) is 6.22. The van der Waals surface area contributed by atoms with Crippen LogP contribution in [0.3, 0.4) is 0 Å². The van der Waals surface area contributed by atoms with Crippen LogP contribution >= 0.6 is 23.2 Å². The quantitative estimate of drug-likeness (QED) is 0.343. The molecular weight excluding hydrogens is 563 g/mol. The van der Waals surface area contributed by atoms with Crippen LogP contribution in [0.15, 0.2) is 73.1 Å². The molecule has 2 aliphatic rings. The first-order valence-corrected chi connectivity index (χ1v) is 14.3. The van der Waals surface area contributed by atoms with Crippen molar-refractivity contribution in [1.29, 1.82) is 0 Å². The Balaban J connectivity index is 1.66. The second-order valence-corrected chi connectivity index (χ2v) is 11.8. The number of benzene rings is 3. The largest absolute Gasteiger partial charge is 0.495 e. The maximum Gasteiger partial charge on any atom is 0.261 e. The van der Waals surface area contributed by atoms with Crippen molar-refractivity contribution in [1.82, 2.24) is 4.57 Å². The number of rotatable bonds is 5. The van der Waals surface area contributed by atoms with E-state index in [9.17, 15) is 18.0 Å². The molecule has 4 aromatic rings. The molecule has 0 radical (unpaired) electrons. The van der Waals surface area contributed by atoms with Gasteiger partial charge in [0, 0.05) is 39.3 Å². The van der Waals surface area contributed by atoms with Gasteiger partial charge in [-0.1, -0.05) is 41.4 Å². The van der Waals surface area contributed by atoms with Gasteiger partial charge in [0.1, 0.15) is 5.75 Å². The van der Waals surface area contributed by atoms with Gasteiger partial charge in [0.05, 0.1) is 36.0 Å². The number of carbonyl (C=O) groups excluding carboxylic acids is 2. The van der Waals surface area contributed by atoms with E-state index < -0.39 is 27.4 Å². The molecule has 1 aromatic heterocycles. The van der Waals surface area contributed by atoms with Crippen molar-refractivity contribution in [3.8, 4) is 11.4 Å². The van der Waals surface area contributed by atoms with E-state index in [0.717, 1.165) is 6.26 Å². The minimum atomic E-state index is -3.75. The van der Waals surface area contributed by atoms with Crippen molar-refractivity contribution in [2.45, 2.75) is 5.54 Å². The zero-order valence-electron chi connectivity index (χ0n) is 20.5. The third-order valence-corrected chi connectivity index (χ3v) is 7.85. The lowest BCUT2D eigenvalue weighted by atomic mass is 9.85. The molecule has 1 atom stereocenters. The Morgan fingerprint density at radius 1 is 0.923 bits per heavy atom. The fourth-order valence-electron chi connectivity index (χ4n) is 5.31. The van der Waals surface area contributed by atoms with Crippen LogP contribution < -0.4 is 19.7 Å². The Morgan fingerprint density at radius 3 is 2.38 bits per heavy atom. The molecule has 198 valence electrons. The highest BCUT2D eigenvalue weighted by molar-refractivity contribution is 7.92. The third kappa shape index (κ3) is 3.78. The zero-order valence-corrected chi connectivity index (χ0v) is 22.9. The molecule has 1 unspecified atom stereocenters. The monoisotopic (exact) mass is 582 g/mol. The molecule has 0 fully saturated rings. The lowest BCUT2D eigenvalue weighted by Gasteiger charge is -2.35. The molecule has 39 heavy (non-hydrogen) atoms. The van der Waals surface area contributed by atoms with Crippen molar-refractivity contribution < 1.29 is 22.7 Å². The average molecular weight is 583 g/mol. The van der Waals surface area contributed by atoms with Crippen LogP contribution in [-0.2, 0) is 20.4 Å². The number of anilines is 3. The first-order valence-electron chi connectivity index (χ1n) is 11.6. The van der Waals surface area contributed by atoms with Gasteiger partial charge in [-0.3, -0.25) is 19.2 Å². The highest BCUT2D eigenvalue weighted by atomic mass is 35.5. The summed E-state index contributed by atoms with van der Waals surface area (Å²) in [5.74, 6) is -0.451. The summed E-state index contributed by atoms with van der Waals surface area (Å²) in [5.41, 5.74) is 0.767. The van der Waals surface area contributed by atoms with E-state index in [1.54, 1.807) is 48.3 Å². The van der Waals surface area contributed by atoms with Crippen LogP contribution in [0, 0.1) is 0 Å². The van der Waals surface area contributed by atoms with E-state index in [-0.39, 0.29) is 22.0 Å². The highest BCUT2D eigenvalue weighted by Crippen LogP contribution is 2.55. The Hall–Kier alpha value is -3.99. The molecule has 3 heterocycles. The maximum absolute atomic E-state index is 14.3. The molecule has 1 spiro atoms. The van der Waals surface area contributed by atoms with Crippen molar-refractivity contribution in [2.75, 3.05) is 28.3 Å². The number of carbonyl (C=O) groups is 2. The molecule has 2 N–H and O–H groups in total. The van der Waals surface area contributed by atoms with E-state index >= 15 is 0 Å². The number of para-hydroxylation sites is 2. The molecule has 0 aliphatic carbocycles. The van der Waals surface area contributed by atoms with Crippen LogP contribution in [0.25, 0.3) is 5.69 Å². The van der Waals surface area contributed by atoms with Gasteiger partial charge >= 0.3 is 0 Å². The number of ether oxygens (including phenoxy) is 1. The van der Waals surface area contributed by atoms with Gasteiger partial charge in [-0.2, -0.15) is 0 Å². The number of sulfonamides is 1. The molecule has 12 heteroatoms. The van der Waals surface area contributed by atoms with Crippen LogP contribution in [0.2, 0.25) is 10.0 Å². The minimum absolute atomic E-state index is 0.0904. The lowest BCUT2D eigenvalue weighted by Crippen LogP contribution is -2.50. The molecule has 0 saturated heterocycles. The summed E-state index contributed by atoms with van der Waals surface area (Å²) in [4.78, 5) is 29.6. The van der Waals surface area contributed by atoms with Crippen molar-refractivity contribution >= 4 is 62.1 Å². The van der Waals surface area contributed by atoms with Gasteiger partial charge in [0.15, 0.2) is 5.54 Å². The lowest BCUT2D eigenvalue weighted by molar-refractivity contribution is -0.119. The van der Waals surface area contributed by atoms with E-state index in [0.29, 0.717) is 33.3 Å². The topological polar surface area (TPSA) is 110 Å². The number of nitrogens with one attached hydrogen (secondary N) is 2. The summed E-state index contributed by atoms with van der Waals surface area (Å²) >= 11 is 12.6. The van der Waals surface area contributed by atoms with Crippen molar-refractivity contribution in [3.05, 3.63) is 99.8 Å². The molecule has 2 amide bonds. The number of aromatic nitrogens is 1. The number of amides is 2. The van der Waals surface area contributed by atoms with Crippen LogP contribution in [0.5, 0.6) is 5.75 Å². The molecule has 9 nitrogen and oxygen atoms in total. The number of hydrogen-bond donors (Lipinski definition) is 2. The summed E-state index contributed by atoms with van der Waals surface area (Å²) in [5, 5.41) is 3.51. The maximum atomic E-state index is 14.3. The smallest absolute Gasteiger partial charge is 0.261 e. The van der Waals surface area contributed by atoms with Gasteiger partial charge in [0.2, 0.25) is 10.0 Å². The molecule has 3 aromatic carbocycles. The second-order valence-electron chi connectivity index (χ2n) is 9.20. The minimum Gasteiger partial charge on any atom is -0.495 e. The summed E-state index contributed by atoms with van der Waals surface area (Å²) in [7, 11) is -2.20. The Morgan fingerprint density at radius 2 is 1.64 bits per heavy atom. The molecule has 2 aliphatic heterocycles. The van der Waals surface area contributed by atoms with Gasteiger partial charge in [-0.15, -0.1) is 0 Å². The van der Waals surface area contributed by atoms with Crippen LogP contribution in [0.1, 0.15) is 21.5 Å². The second kappa shape index (κ2) is 8.77. The first kappa shape index (κ1) is 25.3. The number of halogens is 2. The van der Waals surface area contributed by atoms with E-state index in [1.165, 1.54) is 23.1 Å². The van der Waals surface area contributed by atoms with Crippen LogP contribution in [-0.4, -0.2) is 38.2 Å². The number of hydrogen-bond acceptors (Lipinski definition) is 5. The van der Waals surface area contributed by atoms with E-state index in [4.69, 9.17) is 27.9 Å². The first-order chi connectivity index (χ1) is 18.5. The number of nitrogens with zero attached hydrogens (tertiary/aromatic N) is 2. The van der Waals surface area contributed by atoms with Crippen LogP contribution in [0.4, 0.5) is 17.1 Å². The average Bonchev–Trinajstić information content (AvgIpc) is 3.51. The van der Waals surface area contributed by atoms with Gasteiger partial charge < -0.3 is 14.6 Å². The SMILES string of the molecule is COc1ccccc1-n1cc2c(c1)C1(C(=O)Nc3cc(Cl)ccc31)N(c1cc(Cl)ccc1NS(C)(=O)=O)C2=O. The molecular formula is C27H20Cl2N4O5S. The number of methoxy groups -OCH3 is 1. The van der Waals surface area contributed by atoms with Gasteiger partial charge in [-0.05, 0) is 42.5 Å². The van der Waals surface area contributed by atoms with E-state index in [1.807, 2.05) is 18.2 Å². The standard InChI is InChI=1S/C27H20Cl2N4O5S/c1-38-24-6-4-3-5-22(24)32-13-17-19(14-32)27(18-9-7-15(28)11-21(18)30-26(27)35)33(25(17)34)23-12-16(29)8-10-20(23)31-39(2,36)37/h3-14,31H,1-2H3,(H,30,35). The Bertz CT molecular complexity index is 1820. The third-order valence-electron chi connectivity index (χ3n) is 6.79. The normalized spacial score (nSPS) is 17.8. The zero-order chi connectivity index (χ0) is 27.7. The van der Waals surface area contributed by atoms with Gasteiger partial charge in [0.25, 0.3) is 11.8 Å². The molecule has 0 bridgehead atoms. The molecule has 0 saturated carbocycles. The number of fused-ring (bicyclic) bond motifs is 4. The predicted molar refractivity (Wildman–Crippen MR) is 150 cm³/mol. The summed E-state index contributed by atoms with van der Waals surface area (Å²) in [6, 6.07) is 16.6. The summed E-state index contributed by atoms with van der Waals surface area (Å²) < 4.78 is 34.1.